The molecule has 1 saturated carbocycles. The van der Waals surface area contributed by atoms with Gasteiger partial charge in [0.25, 0.3) is 10.0 Å². The smallest absolute Gasteiger partial charge is 0.265 e. The molecule has 2 N–H and O–H groups in total. The largest absolute Gasteiger partial charge is 0.352 e. The zero-order valence-electron chi connectivity index (χ0n) is 11.8. The first-order valence-electron chi connectivity index (χ1n) is 6.65. The van der Waals surface area contributed by atoms with Crippen molar-refractivity contribution >= 4 is 26.5 Å². The van der Waals surface area contributed by atoms with E-state index in [9.17, 15) is 8.42 Å². The van der Waals surface area contributed by atoms with Crippen molar-refractivity contribution < 1.29 is 8.42 Å². The zero-order chi connectivity index (χ0) is 15.0. The number of hydrogen-bond donors (Lipinski definition) is 2. The van der Waals surface area contributed by atoms with Crippen LogP contribution in [0.3, 0.4) is 0 Å². The van der Waals surface area contributed by atoms with Crippen molar-refractivity contribution in [2.75, 3.05) is 4.72 Å². The Morgan fingerprint density at radius 1 is 1.43 bits per heavy atom. The summed E-state index contributed by atoms with van der Waals surface area (Å²) in [6, 6.07) is 2.27. The molecule has 2 aromatic rings. The van der Waals surface area contributed by atoms with Crippen LogP contribution in [-0.2, 0) is 23.6 Å². The van der Waals surface area contributed by atoms with E-state index in [-0.39, 0.29) is 10.0 Å². The Morgan fingerprint density at radius 2 is 2.19 bits per heavy atom. The summed E-state index contributed by atoms with van der Waals surface area (Å²) in [6.45, 7) is 2.45. The van der Waals surface area contributed by atoms with Crippen molar-refractivity contribution in [2.45, 2.75) is 37.2 Å². The van der Waals surface area contributed by atoms with Crippen LogP contribution in [0.15, 0.2) is 17.2 Å². The summed E-state index contributed by atoms with van der Waals surface area (Å²) in [7, 11) is -1.77. The van der Waals surface area contributed by atoms with Gasteiger partial charge in [0.2, 0.25) is 5.13 Å². The molecule has 2 aromatic heterocycles. The van der Waals surface area contributed by atoms with Crippen LogP contribution >= 0.6 is 11.3 Å². The predicted molar refractivity (Wildman–Crippen MR) is 80.7 cm³/mol. The van der Waals surface area contributed by atoms with Gasteiger partial charge in [-0.2, -0.15) is 0 Å². The lowest BCUT2D eigenvalue weighted by atomic mass is 10.4. The number of aryl methyl sites for hydroxylation is 2. The SMILES string of the molecule is Cc1nnc(NS(=O)(=O)c2cc(CNC3CC3)n(C)c2)s1. The molecule has 0 spiro atoms. The average molecular weight is 327 g/mol. The molecule has 0 unspecified atom stereocenters. The fourth-order valence-electron chi connectivity index (χ4n) is 1.95. The first kappa shape index (κ1) is 14.5. The normalized spacial score (nSPS) is 15.3. The van der Waals surface area contributed by atoms with E-state index in [1.54, 1.807) is 19.2 Å². The molecule has 1 aliphatic carbocycles. The number of rotatable bonds is 6. The average Bonchev–Trinajstić information content (AvgIpc) is 3.04. The molecule has 0 bridgehead atoms. The lowest BCUT2D eigenvalue weighted by Crippen LogP contribution is -2.17. The second-order valence-electron chi connectivity index (χ2n) is 5.16. The van der Waals surface area contributed by atoms with Crippen molar-refractivity contribution in [1.82, 2.24) is 20.1 Å². The molecule has 1 aliphatic rings. The van der Waals surface area contributed by atoms with E-state index in [4.69, 9.17) is 0 Å². The highest BCUT2D eigenvalue weighted by Crippen LogP contribution is 2.22. The molecule has 0 aliphatic heterocycles. The highest BCUT2D eigenvalue weighted by atomic mass is 32.2. The van der Waals surface area contributed by atoms with Gasteiger partial charge in [-0.25, -0.2) is 8.42 Å². The number of anilines is 1. The van der Waals surface area contributed by atoms with Crippen molar-refractivity contribution in [3.63, 3.8) is 0 Å². The number of aromatic nitrogens is 3. The lowest BCUT2D eigenvalue weighted by molar-refractivity contribution is 0.601. The first-order chi connectivity index (χ1) is 9.94. The number of sulfonamides is 1. The van der Waals surface area contributed by atoms with Gasteiger partial charge in [-0.1, -0.05) is 11.3 Å². The Morgan fingerprint density at radius 3 is 2.81 bits per heavy atom. The molecular formula is C12H17N5O2S2. The molecule has 0 saturated heterocycles. The Hall–Kier alpha value is -1.45. The minimum Gasteiger partial charge on any atom is -0.352 e. The molecule has 21 heavy (non-hydrogen) atoms. The van der Waals surface area contributed by atoms with Crippen LogP contribution in [0.2, 0.25) is 0 Å². The molecule has 3 rings (SSSR count). The molecule has 7 nitrogen and oxygen atoms in total. The van der Waals surface area contributed by atoms with E-state index in [1.807, 2.05) is 11.6 Å². The second-order valence-corrected chi connectivity index (χ2v) is 8.03. The quantitative estimate of drug-likeness (QED) is 0.833. The van der Waals surface area contributed by atoms with E-state index in [1.165, 1.54) is 24.2 Å². The summed E-state index contributed by atoms with van der Waals surface area (Å²) in [5, 5.41) is 12.0. The molecule has 1 fully saturated rings. The van der Waals surface area contributed by atoms with Crippen molar-refractivity contribution in [1.29, 1.82) is 0 Å². The van der Waals surface area contributed by atoms with Crippen molar-refractivity contribution in [2.24, 2.45) is 7.05 Å². The van der Waals surface area contributed by atoms with Gasteiger partial charge >= 0.3 is 0 Å². The van der Waals surface area contributed by atoms with E-state index < -0.39 is 10.0 Å². The van der Waals surface area contributed by atoms with E-state index in [0.29, 0.717) is 12.6 Å². The van der Waals surface area contributed by atoms with Crippen LogP contribution in [0, 0.1) is 6.92 Å². The summed E-state index contributed by atoms with van der Waals surface area (Å²) in [5.74, 6) is 0. The Kier molecular flexibility index (Phi) is 3.72. The lowest BCUT2D eigenvalue weighted by Gasteiger charge is -2.03. The van der Waals surface area contributed by atoms with E-state index >= 15 is 0 Å². The Labute approximate surface area is 127 Å². The van der Waals surface area contributed by atoms with Crippen molar-refractivity contribution in [3.8, 4) is 0 Å². The Bertz CT molecular complexity index is 746. The van der Waals surface area contributed by atoms with Crippen LogP contribution in [0.4, 0.5) is 5.13 Å². The summed E-state index contributed by atoms with van der Waals surface area (Å²) in [4.78, 5) is 0.241. The molecule has 0 aromatic carbocycles. The molecule has 0 atom stereocenters. The third-order valence-electron chi connectivity index (χ3n) is 3.29. The Balaban J connectivity index is 1.76. The number of nitrogens with one attached hydrogen (secondary N) is 2. The maximum atomic E-state index is 12.3. The van der Waals surface area contributed by atoms with Crippen LogP contribution in [0.25, 0.3) is 0 Å². The minimum absolute atomic E-state index is 0.241. The van der Waals surface area contributed by atoms with Gasteiger partial charge in [-0.05, 0) is 25.8 Å². The highest BCUT2D eigenvalue weighted by Gasteiger charge is 2.22. The van der Waals surface area contributed by atoms with Gasteiger partial charge < -0.3 is 9.88 Å². The maximum Gasteiger partial charge on any atom is 0.265 e. The summed E-state index contributed by atoms with van der Waals surface area (Å²) >= 11 is 1.21. The monoisotopic (exact) mass is 327 g/mol. The van der Waals surface area contributed by atoms with Gasteiger partial charge in [0, 0.05) is 31.5 Å². The van der Waals surface area contributed by atoms with Crippen LogP contribution in [-0.4, -0.2) is 29.2 Å². The molecular weight excluding hydrogens is 310 g/mol. The van der Waals surface area contributed by atoms with Crippen molar-refractivity contribution in [3.05, 3.63) is 23.0 Å². The summed E-state index contributed by atoms with van der Waals surface area (Å²) in [5.41, 5.74) is 0.940. The third-order valence-corrected chi connectivity index (χ3v) is 5.48. The third kappa shape index (κ3) is 3.42. The molecule has 114 valence electrons. The van der Waals surface area contributed by atoms with E-state index in [2.05, 4.69) is 20.2 Å². The standard InChI is InChI=1S/C12H17N5O2S2/c1-8-14-15-12(20-8)16-21(18,19)11-5-10(17(2)7-11)6-13-9-3-4-9/h5,7,9,13H,3-4,6H2,1-2H3,(H,15,16). The fourth-order valence-corrected chi connectivity index (χ4v) is 3.86. The van der Waals surface area contributed by atoms with E-state index in [0.717, 1.165) is 10.7 Å². The summed E-state index contributed by atoms with van der Waals surface area (Å²) < 4.78 is 28.9. The maximum absolute atomic E-state index is 12.3. The molecule has 2 heterocycles. The predicted octanol–water partition coefficient (Wildman–Crippen LogP) is 1.24. The zero-order valence-corrected chi connectivity index (χ0v) is 13.5. The minimum atomic E-state index is -3.62. The number of nitrogens with zero attached hydrogens (tertiary/aromatic N) is 3. The van der Waals surface area contributed by atoms with Crippen LogP contribution < -0.4 is 10.0 Å². The second kappa shape index (κ2) is 5.39. The van der Waals surface area contributed by atoms with Gasteiger partial charge in [0.15, 0.2) is 0 Å². The van der Waals surface area contributed by atoms with Crippen LogP contribution in [0.5, 0.6) is 0 Å². The van der Waals surface area contributed by atoms with Gasteiger partial charge in [0.05, 0.1) is 0 Å². The molecule has 0 radical (unpaired) electrons. The topological polar surface area (TPSA) is 88.9 Å². The fraction of sp³-hybridized carbons (Fsp3) is 0.500. The first-order valence-corrected chi connectivity index (χ1v) is 8.95. The highest BCUT2D eigenvalue weighted by molar-refractivity contribution is 7.93. The van der Waals surface area contributed by atoms with Gasteiger partial charge in [0.1, 0.15) is 9.90 Å². The number of hydrogen-bond acceptors (Lipinski definition) is 6. The van der Waals surface area contributed by atoms with Crippen LogP contribution in [0.1, 0.15) is 23.5 Å². The summed E-state index contributed by atoms with van der Waals surface area (Å²) in [6.07, 6.45) is 4.02. The molecule has 9 heteroatoms. The van der Waals surface area contributed by atoms with Gasteiger partial charge in [-0.15, -0.1) is 10.2 Å². The van der Waals surface area contributed by atoms with Gasteiger partial charge in [-0.3, -0.25) is 4.72 Å². The molecule has 0 amide bonds.